The minimum Gasteiger partial charge on any atom is -0.301 e. The monoisotopic (exact) mass is 188 g/mol. The maximum atomic E-state index is 8.35. The first-order valence-corrected chi connectivity index (χ1v) is 5.69. The first-order chi connectivity index (χ1) is 5.36. The zero-order valence-corrected chi connectivity index (χ0v) is 8.07. The molecule has 11 heavy (non-hydrogen) atoms. The van der Waals surface area contributed by atoms with E-state index in [-0.39, 0.29) is 0 Å². The maximum Gasteiger partial charge on any atom is 0.0635 e. The summed E-state index contributed by atoms with van der Waals surface area (Å²) in [6.07, 6.45) is 1.88. The summed E-state index contributed by atoms with van der Waals surface area (Å²) in [5.41, 5.74) is 0. The molecule has 4 heteroatoms. The largest absolute Gasteiger partial charge is 0.301 e. The van der Waals surface area contributed by atoms with E-state index in [1.54, 1.807) is 10.8 Å². The van der Waals surface area contributed by atoms with Gasteiger partial charge in [-0.15, -0.1) is 11.7 Å². The van der Waals surface area contributed by atoms with Crippen molar-refractivity contribution in [1.29, 1.82) is 5.26 Å². The Morgan fingerprint density at radius 3 is 3.09 bits per heavy atom. The molecule has 0 aliphatic carbocycles. The number of nitriles is 1. The fraction of sp³-hybridized carbons (Fsp3) is 0.857. The summed E-state index contributed by atoms with van der Waals surface area (Å²) in [5, 5.41) is 9.03. The molecule has 0 spiro atoms. The average molecular weight is 188 g/mol. The smallest absolute Gasteiger partial charge is 0.0635 e. The van der Waals surface area contributed by atoms with Crippen LogP contribution in [0.3, 0.4) is 0 Å². The van der Waals surface area contributed by atoms with E-state index in [0.29, 0.717) is 11.7 Å². The summed E-state index contributed by atoms with van der Waals surface area (Å²) in [4.78, 5) is 2.33. The predicted molar refractivity (Wildman–Crippen MR) is 51.7 cm³/mol. The van der Waals surface area contributed by atoms with Gasteiger partial charge in [0.2, 0.25) is 0 Å². The fourth-order valence-electron chi connectivity index (χ4n) is 1.29. The van der Waals surface area contributed by atoms with E-state index in [2.05, 4.69) is 22.6 Å². The minimum absolute atomic E-state index is 0.657. The number of hydrogen-bond acceptors (Lipinski definition) is 4. The molecule has 1 saturated heterocycles. The summed E-state index contributed by atoms with van der Waals surface area (Å²) in [5.74, 6) is 0. The van der Waals surface area contributed by atoms with Crippen LogP contribution in [0.25, 0.3) is 0 Å². The summed E-state index contributed by atoms with van der Waals surface area (Å²) in [7, 11) is 1.64. The zero-order valence-electron chi connectivity index (χ0n) is 6.36. The van der Waals surface area contributed by atoms with Gasteiger partial charge in [-0.05, 0) is 13.0 Å². The minimum atomic E-state index is 0.657. The Morgan fingerprint density at radius 2 is 2.55 bits per heavy atom. The van der Waals surface area contributed by atoms with Crippen molar-refractivity contribution in [3.63, 3.8) is 0 Å². The van der Waals surface area contributed by atoms with E-state index < -0.39 is 0 Å². The van der Waals surface area contributed by atoms with Crippen LogP contribution in [-0.4, -0.2) is 29.8 Å². The number of hydrogen-bond donors (Lipinski definition) is 1. The molecule has 0 radical (unpaired) electrons. The third-order valence-electron chi connectivity index (χ3n) is 1.92. The van der Waals surface area contributed by atoms with Gasteiger partial charge in [0, 0.05) is 24.8 Å². The van der Waals surface area contributed by atoms with Crippen molar-refractivity contribution in [2.75, 3.05) is 19.6 Å². The Labute approximate surface area is 76.8 Å². The maximum absolute atomic E-state index is 8.35. The molecule has 0 aromatic carbocycles. The van der Waals surface area contributed by atoms with Gasteiger partial charge in [0.15, 0.2) is 0 Å². The summed E-state index contributed by atoms with van der Waals surface area (Å²) >= 11 is 4.17. The molecule has 0 aromatic rings. The lowest BCUT2D eigenvalue weighted by Gasteiger charge is -2.12. The number of rotatable bonds is 3. The van der Waals surface area contributed by atoms with Crippen molar-refractivity contribution in [1.82, 2.24) is 4.90 Å². The Bertz CT molecular complexity index is 155. The second kappa shape index (κ2) is 4.91. The lowest BCUT2D eigenvalue weighted by atomic mass is 10.4. The quantitative estimate of drug-likeness (QED) is 0.538. The van der Waals surface area contributed by atoms with Crippen molar-refractivity contribution in [3.8, 4) is 6.07 Å². The summed E-state index contributed by atoms with van der Waals surface area (Å²) < 4.78 is 0. The molecular weight excluding hydrogens is 176 g/mol. The highest BCUT2D eigenvalue weighted by molar-refractivity contribution is 8.68. The van der Waals surface area contributed by atoms with E-state index in [4.69, 9.17) is 5.26 Å². The highest BCUT2D eigenvalue weighted by atomic mass is 33.1. The van der Waals surface area contributed by atoms with E-state index in [0.717, 1.165) is 19.6 Å². The SMILES string of the molecule is N#CCCN1CC[C@@H](SS)C1. The number of likely N-dealkylation sites (tertiary alicyclic amines) is 1. The molecule has 0 bridgehead atoms. The highest BCUT2D eigenvalue weighted by Crippen LogP contribution is 2.24. The molecule has 1 aliphatic rings. The molecular formula is C7H12N2S2. The molecule has 0 unspecified atom stereocenters. The summed E-state index contributed by atoms with van der Waals surface area (Å²) in [6, 6.07) is 2.16. The molecule has 1 atom stereocenters. The van der Waals surface area contributed by atoms with Crippen LogP contribution in [0.15, 0.2) is 0 Å². The van der Waals surface area contributed by atoms with E-state index in [9.17, 15) is 0 Å². The first-order valence-electron chi connectivity index (χ1n) is 3.76. The van der Waals surface area contributed by atoms with Gasteiger partial charge in [-0.2, -0.15) is 5.26 Å². The van der Waals surface area contributed by atoms with Gasteiger partial charge in [0.25, 0.3) is 0 Å². The zero-order chi connectivity index (χ0) is 8.10. The molecule has 62 valence electrons. The lowest BCUT2D eigenvalue weighted by Crippen LogP contribution is -2.21. The van der Waals surface area contributed by atoms with Crippen molar-refractivity contribution >= 4 is 22.5 Å². The standard InChI is InChI=1S/C7H12N2S2/c8-3-1-4-9-5-2-7(6-9)11-10/h7,10H,1-2,4-6H2/t7-/m1/s1. The molecule has 2 nitrogen and oxygen atoms in total. The molecule has 0 aromatic heterocycles. The van der Waals surface area contributed by atoms with Crippen molar-refractivity contribution < 1.29 is 0 Å². The molecule has 0 saturated carbocycles. The lowest BCUT2D eigenvalue weighted by molar-refractivity contribution is 0.348. The highest BCUT2D eigenvalue weighted by Gasteiger charge is 2.20. The topological polar surface area (TPSA) is 27.0 Å². The van der Waals surface area contributed by atoms with Crippen LogP contribution in [0.5, 0.6) is 0 Å². The predicted octanol–water partition coefficient (Wildman–Crippen LogP) is 1.55. The van der Waals surface area contributed by atoms with Crippen LogP contribution in [-0.2, 0) is 0 Å². The normalized spacial score (nSPS) is 25.3. The summed E-state index contributed by atoms with van der Waals surface area (Å²) in [6.45, 7) is 3.18. The second-order valence-corrected chi connectivity index (χ2v) is 4.23. The Kier molecular flexibility index (Phi) is 4.13. The van der Waals surface area contributed by atoms with Crippen molar-refractivity contribution in [3.05, 3.63) is 0 Å². The van der Waals surface area contributed by atoms with Crippen LogP contribution >= 0.6 is 22.5 Å². The van der Waals surface area contributed by atoms with Crippen LogP contribution in [0.1, 0.15) is 12.8 Å². The molecule has 0 N–H and O–H groups in total. The van der Waals surface area contributed by atoms with Gasteiger partial charge in [-0.1, -0.05) is 10.8 Å². The van der Waals surface area contributed by atoms with Gasteiger partial charge in [0.05, 0.1) is 6.07 Å². The average Bonchev–Trinajstić information content (AvgIpc) is 2.48. The molecule has 0 amide bonds. The van der Waals surface area contributed by atoms with Crippen LogP contribution in [0.4, 0.5) is 0 Å². The first kappa shape index (κ1) is 9.24. The van der Waals surface area contributed by atoms with Gasteiger partial charge >= 0.3 is 0 Å². The molecule has 1 rings (SSSR count). The second-order valence-electron chi connectivity index (χ2n) is 2.72. The van der Waals surface area contributed by atoms with Crippen LogP contribution in [0, 0.1) is 11.3 Å². The number of thiol groups is 1. The van der Waals surface area contributed by atoms with Crippen molar-refractivity contribution in [2.45, 2.75) is 18.1 Å². The molecule has 1 heterocycles. The molecule has 1 aliphatic heterocycles. The van der Waals surface area contributed by atoms with Gasteiger partial charge < -0.3 is 4.90 Å². The van der Waals surface area contributed by atoms with Gasteiger partial charge in [-0.3, -0.25) is 0 Å². The van der Waals surface area contributed by atoms with Crippen LogP contribution in [0.2, 0.25) is 0 Å². The third kappa shape index (κ3) is 2.94. The van der Waals surface area contributed by atoms with Gasteiger partial charge in [-0.25, -0.2) is 0 Å². The van der Waals surface area contributed by atoms with Crippen LogP contribution < -0.4 is 0 Å². The van der Waals surface area contributed by atoms with E-state index in [1.165, 1.54) is 6.42 Å². The fourth-order valence-corrected chi connectivity index (χ4v) is 2.30. The van der Waals surface area contributed by atoms with E-state index in [1.807, 2.05) is 0 Å². The third-order valence-corrected chi connectivity index (χ3v) is 3.50. The van der Waals surface area contributed by atoms with Gasteiger partial charge in [0.1, 0.15) is 0 Å². The Balaban J connectivity index is 2.15. The van der Waals surface area contributed by atoms with Crippen molar-refractivity contribution in [2.24, 2.45) is 0 Å². The Morgan fingerprint density at radius 1 is 1.73 bits per heavy atom. The number of nitrogens with zero attached hydrogens (tertiary/aromatic N) is 2. The van der Waals surface area contributed by atoms with E-state index >= 15 is 0 Å². The molecule has 1 fully saturated rings. The Hall–Kier alpha value is 0.150.